The van der Waals surface area contributed by atoms with E-state index in [1.165, 1.54) is 6.33 Å². The Labute approximate surface area is 105 Å². The summed E-state index contributed by atoms with van der Waals surface area (Å²) in [6.07, 6.45) is 3.02. The van der Waals surface area contributed by atoms with Gasteiger partial charge in [0.05, 0.1) is 13.3 Å². The maximum atomic E-state index is 5.93. The number of hydrogen-bond donors (Lipinski definition) is 1. The molecule has 0 aliphatic carbocycles. The number of nitrogens with one attached hydrogen (secondary N) is 1. The fourth-order valence-corrected chi connectivity index (χ4v) is 1.54. The topological polar surface area (TPSA) is 47.0 Å². The van der Waals surface area contributed by atoms with Crippen molar-refractivity contribution in [1.29, 1.82) is 0 Å². The average molecular weight is 250 g/mol. The fraction of sp³-hybridized carbons (Fsp3) is 0.167. The summed E-state index contributed by atoms with van der Waals surface area (Å²) in [4.78, 5) is 7.87. The Morgan fingerprint density at radius 2 is 2.06 bits per heavy atom. The van der Waals surface area contributed by atoms with Crippen LogP contribution >= 0.6 is 11.6 Å². The van der Waals surface area contributed by atoms with Crippen LogP contribution in [0.4, 0.5) is 5.82 Å². The van der Waals surface area contributed by atoms with Crippen molar-refractivity contribution >= 4 is 17.4 Å². The second kappa shape index (κ2) is 5.50. The number of ether oxygens (including phenoxy) is 1. The molecule has 0 fully saturated rings. The zero-order chi connectivity index (χ0) is 12.1. The average Bonchev–Trinajstić information content (AvgIpc) is 2.38. The van der Waals surface area contributed by atoms with E-state index in [-0.39, 0.29) is 0 Å². The van der Waals surface area contributed by atoms with Gasteiger partial charge in [0.1, 0.15) is 22.9 Å². The number of aromatic nitrogens is 2. The van der Waals surface area contributed by atoms with Crippen molar-refractivity contribution in [2.24, 2.45) is 0 Å². The summed E-state index contributed by atoms with van der Waals surface area (Å²) in [6, 6.07) is 7.80. The van der Waals surface area contributed by atoms with E-state index in [9.17, 15) is 0 Å². The highest BCUT2D eigenvalue weighted by Crippen LogP contribution is 2.17. The lowest BCUT2D eigenvalue weighted by Gasteiger charge is -2.07. The van der Waals surface area contributed by atoms with E-state index in [4.69, 9.17) is 16.3 Å². The monoisotopic (exact) mass is 249 g/mol. The van der Waals surface area contributed by atoms with Crippen LogP contribution in [-0.2, 0) is 6.54 Å². The molecule has 5 heteroatoms. The van der Waals surface area contributed by atoms with E-state index >= 15 is 0 Å². The Morgan fingerprint density at radius 1 is 1.29 bits per heavy atom. The smallest absolute Gasteiger partial charge is 0.148 e. The molecule has 17 heavy (non-hydrogen) atoms. The number of hydrogen-bond acceptors (Lipinski definition) is 4. The number of halogens is 1. The summed E-state index contributed by atoms with van der Waals surface area (Å²) in [5, 5.41) is 3.66. The van der Waals surface area contributed by atoms with E-state index in [1.807, 2.05) is 24.3 Å². The van der Waals surface area contributed by atoms with Gasteiger partial charge in [-0.3, -0.25) is 0 Å². The molecule has 0 amide bonds. The van der Waals surface area contributed by atoms with Gasteiger partial charge in [-0.05, 0) is 17.7 Å². The van der Waals surface area contributed by atoms with Gasteiger partial charge in [0.25, 0.3) is 0 Å². The van der Waals surface area contributed by atoms with Gasteiger partial charge >= 0.3 is 0 Å². The molecule has 2 aromatic rings. The third kappa shape index (κ3) is 3.07. The minimum atomic E-state index is 0.515. The van der Waals surface area contributed by atoms with E-state index in [0.717, 1.165) is 11.3 Å². The summed E-state index contributed by atoms with van der Waals surface area (Å²) in [6.45, 7) is 0.653. The van der Waals surface area contributed by atoms with Crippen LogP contribution in [0.1, 0.15) is 5.56 Å². The van der Waals surface area contributed by atoms with Crippen LogP contribution in [0.3, 0.4) is 0 Å². The quantitative estimate of drug-likeness (QED) is 0.905. The van der Waals surface area contributed by atoms with Gasteiger partial charge in [-0.15, -0.1) is 0 Å². The standard InChI is InChI=1S/C12H12ClN3O/c1-17-10-4-2-9(3-5-10)6-15-12-11(13)7-14-8-16-12/h2-5,7-8H,6H2,1H3,(H,14,15,16). The van der Waals surface area contributed by atoms with Crippen molar-refractivity contribution in [2.45, 2.75) is 6.54 Å². The number of methoxy groups -OCH3 is 1. The molecule has 0 bridgehead atoms. The molecule has 0 spiro atoms. The maximum absolute atomic E-state index is 5.93. The van der Waals surface area contributed by atoms with Gasteiger partial charge in [-0.2, -0.15) is 0 Å². The highest BCUT2D eigenvalue weighted by atomic mass is 35.5. The number of nitrogens with zero attached hydrogens (tertiary/aromatic N) is 2. The molecule has 0 radical (unpaired) electrons. The van der Waals surface area contributed by atoms with E-state index in [0.29, 0.717) is 17.4 Å². The van der Waals surface area contributed by atoms with Crippen LogP contribution in [0.25, 0.3) is 0 Å². The third-order valence-corrected chi connectivity index (χ3v) is 2.56. The van der Waals surface area contributed by atoms with Crippen LogP contribution in [0.2, 0.25) is 5.02 Å². The lowest BCUT2D eigenvalue weighted by molar-refractivity contribution is 0.414. The lowest BCUT2D eigenvalue weighted by Crippen LogP contribution is -2.02. The minimum Gasteiger partial charge on any atom is -0.497 e. The maximum Gasteiger partial charge on any atom is 0.148 e. The molecule has 1 aromatic heterocycles. The van der Waals surface area contributed by atoms with Crippen LogP contribution in [0, 0.1) is 0 Å². The van der Waals surface area contributed by atoms with E-state index in [1.54, 1.807) is 13.3 Å². The van der Waals surface area contributed by atoms with Gasteiger partial charge in [0.2, 0.25) is 0 Å². The molecule has 0 unspecified atom stereocenters. The SMILES string of the molecule is COc1ccc(CNc2ncncc2Cl)cc1. The van der Waals surface area contributed by atoms with Gasteiger partial charge in [-0.1, -0.05) is 23.7 Å². The summed E-state index contributed by atoms with van der Waals surface area (Å²) in [7, 11) is 1.65. The van der Waals surface area contributed by atoms with Crippen molar-refractivity contribution < 1.29 is 4.74 Å². The van der Waals surface area contributed by atoms with Gasteiger partial charge in [0, 0.05) is 6.54 Å². The molecular formula is C12H12ClN3O. The molecule has 0 atom stereocenters. The molecule has 88 valence electrons. The summed E-state index contributed by atoms with van der Waals surface area (Å²) in [5.74, 6) is 1.48. The predicted molar refractivity (Wildman–Crippen MR) is 67.4 cm³/mol. The van der Waals surface area contributed by atoms with Crippen molar-refractivity contribution in [3.63, 3.8) is 0 Å². The predicted octanol–water partition coefficient (Wildman–Crippen LogP) is 2.75. The first-order valence-electron chi connectivity index (χ1n) is 5.12. The molecule has 1 heterocycles. The zero-order valence-electron chi connectivity index (χ0n) is 9.35. The first-order valence-corrected chi connectivity index (χ1v) is 5.49. The van der Waals surface area contributed by atoms with Crippen LogP contribution < -0.4 is 10.1 Å². The Hall–Kier alpha value is -1.81. The Kier molecular flexibility index (Phi) is 3.77. The van der Waals surface area contributed by atoms with Crippen molar-refractivity contribution in [3.8, 4) is 5.75 Å². The van der Waals surface area contributed by atoms with Crippen molar-refractivity contribution in [1.82, 2.24) is 9.97 Å². The second-order valence-electron chi connectivity index (χ2n) is 3.42. The van der Waals surface area contributed by atoms with Crippen LogP contribution in [0.5, 0.6) is 5.75 Å². The number of anilines is 1. The highest BCUT2D eigenvalue weighted by molar-refractivity contribution is 6.32. The number of rotatable bonds is 4. The lowest BCUT2D eigenvalue weighted by atomic mass is 10.2. The molecule has 0 saturated carbocycles. The summed E-state index contributed by atoms with van der Waals surface area (Å²) in [5.41, 5.74) is 1.13. The third-order valence-electron chi connectivity index (χ3n) is 2.29. The Balaban J connectivity index is 2.00. The molecule has 1 aromatic carbocycles. The Morgan fingerprint density at radius 3 is 2.71 bits per heavy atom. The summed E-state index contributed by atoms with van der Waals surface area (Å²) >= 11 is 5.93. The largest absolute Gasteiger partial charge is 0.497 e. The molecule has 0 aliphatic heterocycles. The first-order chi connectivity index (χ1) is 8.29. The zero-order valence-corrected chi connectivity index (χ0v) is 10.1. The second-order valence-corrected chi connectivity index (χ2v) is 3.83. The molecule has 4 nitrogen and oxygen atoms in total. The Bertz CT molecular complexity index is 487. The van der Waals surface area contributed by atoms with Crippen molar-refractivity contribution in [2.75, 3.05) is 12.4 Å². The van der Waals surface area contributed by atoms with Crippen molar-refractivity contribution in [3.05, 3.63) is 47.4 Å². The molecular weight excluding hydrogens is 238 g/mol. The van der Waals surface area contributed by atoms with Crippen LogP contribution in [0.15, 0.2) is 36.8 Å². The molecule has 2 rings (SSSR count). The highest BCUT2D eigenvalue weighted by Gasteiger charge is 2.00. The normalized spacial score (nSPS) is 10.0. The number of benzene rings is 1. The summed E-state index contributed by atoms with van der Waals surface area (Å²) < 4.78 is 5.09. The van der Waals surface area contributed by atoms with Gasteiger partial charge in [0.15, 0.2) is 0 Å². The first kappa shape index (κ1) is 11.7. The fourth-order valence-electron chi connectivity index (χ4n) is 1.37. The minimum absolute atomic E-state index is 0.515. The van der Waals surface area contributed by atoms with Gasteiger partial charge < -0.3 is 10.1 Å². The van der Waals surface area contributed by atoms with E-state index in [2.05, 4.69) is 15.3 Å². The van der Waals surface area contributed by atoms with Gasteiger partial charge in [-0.25, -0.2) is 9.97 Å². The van der Waals surface area contributed by atoms with Crippen LogP contribution in [-0.4, -0.2) is 17.1 Å². The molecule has 1 N–H and O–H groups in total. The molecule has 0 aliphatic rings. The molecule has 0 saturated heterocycles. The van der Waals surface area contributed by atoms with E-state index < -0.39 is 0 Å².